The molecule has 0 fully saturated rings. The van der Waals surface area contributed by atoms with Gasteiger partial charge >= 0.3 is 10.3 Å². The molecule has 0 saturated heterocycles. The van der Waals surface area contributed by atoms with E-state index < -0.39 is 10.3 Å². The summed E-state index contributed by atoms with van der Waals surface area (Å²) < 4.78 is 14.6. The fourth-order valence-corrected chi connectivity index (χ4v) is 1.22. The smallest absolute Gasteiger partial charge is 0.274 e. The van der Waals surface area contributed by atoms with Crippen molar-refractivity contribution in [3.8, 4) is 6.07 Å². The van der Waals surface area contributed by atoms with Gasteiger partial charge in [-0.05, 0) is 12.1 Å². The van der Waals surface area contributed by atoms with Gasteiger partial charge in [0.05, 0.1) is 11.6 Å². The van der Waals surface area contributed by atoms with Crippen molar-refractivity contribution in [2.24, 2.45) is 5.16 Å². The highest BCUT2D eigenvalue weighted by Gasteiger charge is 2.01. The first-order valence-electron chi connectivity index (χ1n) is 3.63. The van der Waals surface area contributed by atoms with E-state index in [9.17, 15) is 4.21 Å². The van der Waals surface area contributed by atoms with Crippen molar-refractivity contribution < 1.29 is 8.49 Å². The average molecular weight is 263 g/mol. The van der Waals surface area contributed by atoms with Crippen LogP contribution in [0.25, 0.3) is 0 Å². The maximum absolute atomic E-state index is 10.3. The molecule has 0 aliphatic rings. The van der Waals surface area contributed by atoms with E-state index in [-0.39, 0.29) is 5.17 Å². The van der Waals surface area contributed by atoms with Gasteiger partial charge in [-0.3, -0.25) is 4.28 Å². The third-order valence-corrected chi connectivity index (χ3v) is 2.08. The van der Waals surface area contributed by atoms with Crippen molar-refractivity contribution in [3.05, 3.63) is 35.4 Å². The van der Waals surface area contributed by atoms with Crippen molar-refractivity contribution in [1.82, 2.24) is 0 Å². The van der Waals surface area contributed by atoms with E-state index >= 15 is 0 Å². The predicted molar refractivity (Wildman–Crippen MR) is 58.6 cm³/mol. The molecule has 0 aliphatic carbocycles. The zero-order chi connectivity index (χ0) is 11.3. The van der Waals surface area contributed by atoms with E-state index in [1.54, 1.807) is 24.3 Å². The second kappa shape index (κ2) is 5.71. The minimum Gasteiger partial charge on any atom is -0.274 e. The summed E-state index contributed by atoms with van der Waals surface area (Å²) in [5.41, 5.74) is 1.04. The van der Waals surface area contributed by atoms with Crippen LogP contribution in [0.15, 0.2) is 29.4 Å². The Bertz CT molecular complexity index is 439. The SMILES string of the molecule is N#Cc1ccc(/C(Cl)=N/OS(=O)Cl)cc1. The lowest BCUT2D eigenvalue weighted by Crippen LogP contribution is -1.93. The Labute approximate surface area is 98.2 Å². The Morgan fingerprint density at radius 2 is 2.07 bits per heavy atom. The third kappa shape index (κ3) is 3.88. The lowest BCUT2D eigenvalue weighted by molar-refractivity contribution is 0.384. The van der Waals surface area contributed by atoms with Gasteiger partial charge in [0.15, 0.2) is 5.17 Å². The molecule has 1 aromatic rings. The number of oxime groups is 1. The molecule has 0 saturated carbocycles. The van der Waals surface area contributed by atoms with Gasteiger partial charge in [-0.2, -0.15) is 9.47 Å². The number of hydrogen-bond donors (Lipinski definition) is 0. The largest absolute Gasteiger partial charge is 0.330 e. The molecule has 1 unspecified atom stereocenters. The number of hydrogen-bond acceptors (Lipinski definition) is 4. The minimum atomic E-state index is -2.02. The van der Waals surface area contributed by atoms with Crippen LogP contribution < -0.4 is 0 Å². The molecule has 0 N–H and O–H groups in total. The van der Waals surface area contributed by atoms with Gasteiger partial charge in [0.2, 0.25) is 0 Å². The van der Waals surface area contributed by atoms with Gasteiger partial charge in [0, 0.05) is 16.2 Å². The lowest BCUT2D eigenvalue weighted by atomic mass is 10.2. The van der Waals surface area contributed by atoms with E-state index in [0.29, 0.717) is 11.1 Å². The van der Waals surface area contributed by atoms with Gasteiger partial charge in [0.1, 0.15) is 0 Å². The first kappa shape index (κ1) is 12.0. The summed E-state index contributed by atoms with van der Waals surface area (Å²) in [6.45, 7) is 0. The highest BCUT2D eigenvalue weighted by Crippen LogP contribution is 2.08. The molecule has 4 nitrogen and oxygen atoms in total. The Hall–Kier alpha value is -1.09. The quantitative estimate of drug-likeness (QED) is 0.477. The van der Waals surface area contributed by atoms with Crippen molar-refractivity contribution >= 4 is 37.7 Å². The van der Waals surface area contributed by atoms with Crippen LogP contribution in [-0.4, -0.2) is 9.38 Å². The normalized spacial score (nSPS) is 13.0. The maximum atomic E-state index is 10.3. The number of nitriles is 1. The summed E-state index contributed by atoms with van der Waals surface area (Å²) in [6.07, 6.45) is 0. The molecule has 0 radical (unpaired) electrons. The molecular weight excluding hydrogens is 259 g/mol. The summed E-state index contributed by atoms with van der Waals surface area (Å²) in [6, 6.07) is 8.28. The Kier molecular flexibility index (Phi) is 4.56. The third-order valence-electron chi connectivity index (χ3n) is 1.43. The van der Waals surface area contributed by atoms with Crippen LogP contribution in [-0.2, 0) is 14.6 Å². The number of rotatable bonds is 3. The van der Waals surface area contributed by atoms with Gasteiger partial charge in [-0.25, -0.2) is 0 Å². The molecule has 0 bridgehead atoms. The van der Waals surface area contributed by atoms with E-state index in [1.165, 1.54) is 0 Å². The van der Waals surface area contributed by atoms with E-state index in [4.69, 9.17) is 27.5 Å². The van der Waals surface area contributed by atoms with Crippen molar-refractivity contribution in [2.75, 3.05) is 0 Å². The number of nitrogens with zero attached hydrogens (tertiary/aromatic N) is 2. The molecule has 15 heavy (non-hydrogen) atoms. The topological polar surface area (TPSA) is 62.4 Å². The minimum absolute atomic E-state index is 0.00786. The molecule has 78 valence electrons. The molecular formula is C8H4Cl2N2O2S. The Morgan fingerprint density at radius 1 is 1.47 bits per heavy atom. The maximum Gasteiger partial charge on any atom is 0.330 e. The van der Waals surface area contributed by atoms with Crippen molar-refractivity contribution in [2.45, 2.75) is 0 Å². The van der Waals surface area contributed by atoms with Gasteiger partial charge < -0.3 is 0 Å². The van der Waals surface area contributed by atoms with Crippen LogP contribution in [0.2, 0.25) is 0 Å². The molecule has 0 aliphatic heterocycles. The summed E-state index contributed by atoms with van der Waals surface area (Å²) in [5.74, 6) is 0. The van der Waals surface area contributed by atoms with Gasteiger partial charge in [0.25, 0.3) is 0 Å². The second-order valence-corrected chi connectivity index (χ2v) is 3.99. The average Bonchev–Trinajstić information content (AvgIpc) is 2.26. The summed E-state index contributed by atoms with van der Waals surface area (Å²) >= 11 is 5.69. The fourth-order valence-electron chi connectivity index (χ4n) is 0.797. The summed E-state index contributed by atoms with van der Waals surface area (Å²) in [4.78, 5) is 0. The number of benzene rings is 1. The van der Waals surface area contributed by atoms with Crippen LogP contribution >= 0.6 is 22.3 Å². The van der Waals surface area contributed by atoms with Crippen LogP contribution in [0.5, 0.6) is 0 Å². The summed E-state index contributed by atoms with van der Waals surface area (Å²) in [7, 11) is 2.98. The van der Waals surface area contributed by atoms with E-state index in [0.717, 1.165) is 0 Å². The molecule has 7 heteroatoms. The lowest BCUT2D eigenvalue weighted by Gasteiger charge is -1.96. The molecule has 0 heterocycles. The standard InChI is InChI=1S/C8H4Cl2N2O2S/c9-8(12-14-15(10)13)7-3-1-6(5-11)2-4-7/h1-4H/b12-8-. The highest BCUT2D eigenvalue weighted by atomic mass is 35.7. The van der Waals surface area contributed by atoms with Crippen molar-refractivity contribution in [1.29, 1.82) is 5.26 Å². The number of halogens is 2. The highest BCUT2D eigenvalue weighted by molar-refractivity contribution is 8.04. The van der Waals surface area contributed by atoms with E-state index in [1.807, 2.05) is 6.07 Å². The van der Waals surface area contributed by atoms with Crippen LogP contribution in [0.4, 0.5) is 0 Å². The first-order chi connectivity index (χ1) is 7.13. The van der Waals surface area contributed by atoms with Gasteiger partial charge in [-0.15, -0.1) is 0 Å². The fraction of sp³-hybridized carbons (Fsp3) is 0. The zero-order valence-electron chi connectivity index (χ0n) is 7.18. The second-order valence-electron chi connectivity index (χ2n) is 2.34. The molecule has 0 spiro atoms. The summed E-state index contributed by atoms with van der Waals surface area (Å²) in [5, 5.41) is 11.9. The van der Waals surface area contributed by atoms with Crippen molar-refractivity contribution in [3.63, 3.8) is 0 Å². The molecule has 0 aromatic heterocycles. The van der Waals surface area contributed by atoms with Crippen LogP contribution in [0.1, 0.15) is 11.1 Å². The first-order valence-corrected chi connectivity index (χ1v) is 5.91. The van der Waals surface area contributed by atoms with Gasteiger partial charge in [-0.1, -0.05) is 28.9 Å². The van der Waals surface area contributed by atoms with Crippen LogP contribution in [0.3, 0.4) is 0 Å². The molecule has 0 amide bonds. The zero-order valence-corrected chi connectivity index (χ0v) is 9.51. The predicted octanol–water partition coefficient (Wildman–Crippen LogP) is 2.29. The van der Waals surface area contributed by atoms with Crippen LogP contribution in [0, 0.1) is 11.3 Å². The molecule has 1 rings (SSSR count). The Balaban J connectivity index is 2.83. The molecule has 1 atom stereocenters. The Morgan fingerprint density at radius 3 is 2.53 bits per heavy atom. The monoisotopic (exact) mass is 262 g/mol. The van der Waals surface area contributed by atoms with E-state index in [2.05, 4.69) is 9.44 Å². The molecule has 1 aromatic carbocycles.